The number of likely N-dealkylation sites (N-methyl/N-ethyl adjacent to an activating group) is 1. The Morgan fingerprint density at radius 2 is 1.68 bits per heavy atom. The van der Waals surface area contributed by atoms with Gasteiger partial charge >= 0.3 is 11.9 Å². The van der Waals surface area contributed by atoms with Gasteiger partial charge in [-0.15, -0.1) is 0 Å². The molecule has 2 aromatic rings. The molecule has 10 nitrogen and oxygen atoms in total. The van der Waals surface area contributed by atoms with E-state index in [2.05, 4.69) is 18.5 Å². The highest BCUT2D eigenvalue weighted by Crippen LogP contribution is 2.85. The minimum absolute atomic E-state index is 0.0239. The van der Waals surface area contributed by atoms with Gasteiger partial charge in [-0.3, -0.25) is 24.1 Å². The second-order valence-electron chi connectivity index (χ2n) is 18.2. The van der Waals surface area contributed by atoms with Gasteiger partial charge in [-0.25, -0.2) is 4.39 Å². The van der Waals surface area contributed by atoms with Crippen molar-refractivity contribution in [3.05, 3.63) is 113 Å². The lowest BCUT2D eigenvalue weighted by molar-refractivity contribution is -0.208. The van der Waals surface area contributed by atoms with Gasteiger partial charge < -0.3 is 25.0 Å². The molecular weight excluding hydrogens is 785 g/mol. The van der Waals surface area contributed by atoms with Crippen molar-refractivity contribution in [1.82, 2.24) is 4.90 Å². The third-order valence-corrected chi connectivity index (χ3v) is 14.6. The molecule has 0 spiro atoms. The predicted molar refractivity (Wildman–Crippen MR) is 240 cm³/mol. The number of hydrogen-bond donors (Lipinski definition) is 3. The topological polar surface area (TPSA) is 142 Å². The van der Waals surface area contributed by atoms with E-state index in [1.807, 2.05) is 43.4 Å². The number of hydrogen-bond acceptors (Lipinski definition) is 9. The molecule has 0 aromatic heterocycles. The number of esters is 2. The van der Waals surface area contributed by atoms with Gasteiger partial charge in [0.1, 0.15) is 23.9 Å². The van der Waals surface area contributed by atoms with Crippen LogP contribution in [0.2, 0.25) is 10.6 Å². The highest BCUT2D eigenvalue weighted by atomic mass is 19.1. The third-order valence-electron chi connectivity index (χ3n) is 14.6. The Morgan fingerprint density at radius 3 is 2.31 bits per heavy atom. The van der Waals surface area contributed by atoms with E-state index in [-0.39, 0.29) is 38.2 Å². The predicted octanol–water partition coefficient (Wildman–Crippen LogP) is 7.30. The summed E-state index contributed by atoms with van der Waals surface area (Å²) in [6.07, 6.45) is 8.40. The molecule has 6 rings (SSSR count). The first-order chi connectivity index (χ1) is 29.1. The average Bonchev–Trinajstić information content (AvgIpc) is 3.38. The number of aliphatic hydroxyl groups excluding tert-OH is 1. The van der Waals surface area contributed by atoms with Crippen LogP contribution >= 0.6 is 0 Å². The van der Waals surface area contributed by atoms with Crippen LogP contribution in [0.15, 0.2) is 91.1 Å². The summed E-state index contributed by atoms with van der Waals surface area (Å²) in [5.41, 5.74) is -2.25. The van der Waals surface area contributed by atoms with Gasteiger partial charge in [0.05, 0.1) is 34.6 Å². The molecule has 0 bridgehead atoms. The highest BCUT2D eigenvalue weighted by Gasteiger charge is 2.82. The van der Waals surface area contributed by atoms with Crippen LogP contribution in [-0.4, -0.2) is 92.5 Å². The molecule has 3 fully saturated rings. The summed E-state index contributed by atoms with van der Waals surface area (Å²) in [5, 5.41) is 23.6. The lowest BCUT2D eigenvalue weighted by Crippen LogP contribution is -2.73. The number of nitrogens with one attached hydrogen (secondary N) is 1. The van der Waals surface area contributed by atoms with E-state index in [9.17, 15) is 29.4 Å². The lowest BCUT2D eigenvalue weighted by atomic mass is 9.24. The van der Waals surface area contributed by atoms with Gasteiger partial charge in [0.2, 0.25) is 11.7 Å². The van der Waals surface area contributed by atoms with Gasteiger partial charge in [0.25, 0.3) is 0 Å². The largest absolute Gasteiger partial charge is 0.461 e. The molecule has 4 aliphatic carbocycles. The number of halogens is 1. The molecule has 3 N–H and O–H groups in total. The molecule has 2 aromatic carbocycles. The number of nitrogens with zero attached hydrogens (tertiary/aromatic N) is 1. The molecule has 324 valence electrons. The quantitative estimate of drug-likeness (QED) is 0.132. The second-order valence-corrected chi connectivity index (χ2v) is 18.2. The number of ether oxygens (including phenoxy) is 2. The van der Waals surface area contributed by atoms with Crippen LogP contribution < -0.4 is 5.32 Å². The van der Waals surface area contributed by atoms with Crippen molar-refractivity contribution in [2.45, 2.75) is 107 Å². The number of Topliss-reactive ketones (excluding diaryl/α,β-unsaturated/α-hetero) is 1. The fourth-order valence-corrected chi connectivity index (χ4v) is 11.1. The van der Waals surface area contributed by atoms with Crippen molar-refractivity contribution in [3.63, 3.8) is 0 Å². The van der Waals surface area contributed by atoms with E-state index < -0.39 is 81.5 Å². The van der Waals surface area contributed by atoms with Crippen molar-refractivity contribution in [2.24, 2.45) is 16.7 Å². The van der Waals surface area contributed by atoms with Crippen LogP contribution in [-0.2, 0) is 35.3 Å². The summed E-state index contributed by atoms with van der Waals surface area (Å²) < 4.78 is 28.6. The maximum Gasteiger partial charge on any atom is 0.306 e. The molecule has 3 saturated carbocycles. The van der Waals surface area contributed by atoms with Crippen LogP contribution in [0, 0.1) is 16.7 Å². The zero-order valence-corrected chi connectivity index (χ0v) is 36.6. The fourth-order valence-electron chi connectivity index (χ4n) is 11.1. The molecule has 5 unspecified atom stereocenters. The van der Waals surface area contributed by atoms with Crippen molar-refractivity contribution in [1.29, 1.82) is 0 Å². The van der Waals surface area contributed by atoms with Gasteiger partial charge in [-0.2, -0.15) is 0 Å². The van der Waals surface area contributed by atoms with Gasteiger partial charge in [0.15, 0.2) is 6.61 Å². The Morgan fingerprint density at radius 1 is 1.02 bits per heavy atom. The van der Waals surface area contributed by atoms with Gasteiger partial charge in [-0.1, -0.05) is 105 Å². The SMILES string of the molecule is [B]C12CCC3=CC(=C)C=CC3(C)[C@@]1(F)C(O)CC1(C)[C@@]2([B])C[C@@H](C)[C@]1(O)C(=O)COC(=O)CCC(=O)OCc1ccc(C(C(=O)Nc2ccc(C=C)c(/C=C\C)c2)N(C)C)cc1. The van der Waals surface area contributed by atoms with Gasteiger partial charge in [0, 0.05) is 16.5 Å². The number of amides is 1. The zero-order chi connectivity index (χ0) is 45.6. The normalized spacial score (nSPS) is 32.9. The number of alkyl halides is 1. The molecule has 0 heterocycles. The maximum absolute atomic E-state index is 18.0. The Bertz CT molecular complexity index is 2260. The Hall–Kier alpha value is -4.84. The van der Waals surface area contributed by atoms with E-state index in [1.54, 1.807) is 82.3 Å². The van der Waals surface area contributed by atoms with E-state index in [0.29, 0.717) is 23.2 Å². The van der Waals surface area contributed by atoms with Crippen molar-refractivity contribution < 1.29 is 43.3 Å². The van der Waals surface area contributed by atoms with E-state index in [0.717, 1.165) is 22.3 Å². The summed E-state index contributed by atoms with van der Waals surface area (Å²) in [5.74, 6) is -3.47. The minimum atomic E-state index is -2.45. The van der Waals surface area contributed by atoms with Crippen molar-refractivity contribution in [2.75, 3.05) is 26.0 Å². The molecule has 62 heavy (non-hydrogen) atoms. The summed E-state index contributed by atoms with van der Waals surface area (Å²) in [4.78, 5) is 54.7. The van der Waals surface area contributed by atoms with Crippen LogP contribution in [0.1, 0.15) is 94.5 Å². The number of aliphatic hydroxyl groups is 2. The Kier molecular flexibility index (Phi) is 12.8. The van der Waals surface area contributed by atoms with E-state index >= 15 is 4.39 Å². The zero-order valence-electron chi connectivity index (χ0n) is 36.6. The number of carbonyl (C=O) groups excluding carboxylic acids is 4. The van der Waals surface area contributed by atoms with Crippen LogP contribution in [0.3, 0.4) is 0 Å². The first kappa shape index (κ1) is 46.7. The Balaban J connectivity index is 1.03. The standard InChI is InChI=1S/C49H57B2FN2O8/c1-9-11-35-25-37(17-16-33(35)10-2)53-43(59)42(54(7)8)34-14-12-32(13-15-34)28-61-40(57)18-19-41(58)62-29-39(56)48(60)31(4)26-47(51)45(48,6)27-38(55)49(52)44(5)22-20-30(3)24-36(44)21-23-46(47,49)50/h9-17,20,22,24-25,31,38,42,55,60H,2-3,18-19,21,23,26-29H2,1,4-8H3,(H,53,59)/b11-9-/t31-,38?,42?,44?,45?,46?,47+,48+,49+/m1/s1. The van der Waals surface area contributed by atoms with Gasteiger partial charge in [-0.05, 0) is 105 Å². The highest BCUT2D eigenvalue weighted by molar-refractivity contribution is 6.29. The number of rotatable bonds is 14. The molecule has 0 saturated heterocycles. The van der Waals surface area contributed by atoms with Crippen LogP contribution in [0.25, 0.3) is 12.2 Å². The summed E-state index contributed by atoms with van der Waals surface area (Å²) in [6.45, 7) is 13.7. The number of ketones is 1. The minimum Gasteiger partial charge on any atom is -0.461 e. The molecule has 9 atom stereocenters. The number of benzene rings is 2. The number of anilines is 1. The third kappa shape index (κ3) is 7.27. The number of allylic oxidation sites excluding steroid dienone is 6. The molecule has 4 radical (unpaired) electrons. The van der Waals surface area contributed by atoms with E-state index in [4.69, 9.17) is 25.2 Å². The fraction of sp³-hybridized carbons (Fsp3) is 0.469. The molecule has 4 aliphatic rings. The smallest absolute Gasteiger partial charge is 0.306 e. The monoisotopic (exact) mass is 842 g/mol. The van der Waals surface area contributed by atoms with E-state index in [1.165, 1.54) is 0 Å². The molecular formula is C49H57B2FN2O8. The van der Waals surface area contributed by atoms with Crippen LogP contribution in [0.4, 0.5) is 10.1 Å². The first-order valence-corrected chi connectivity index (χ1v) is 21.1. The van der Waals surface area contributed by atoms with Crippen molar-refractivity contribution >= 4 is 57.2 Å². The molecule has 0 aliphatic heterocycles. The lowest BCUT2D eigenvalue weighted by Gasteiger charge is -2.72. The number of fused-ring (bicyclic) bond motifs is 5. The average molecular weight is 843 g/mol. The summed E-state index contributed by atoms with van der Waals surface area (Å²) in [7, 11) is 17.9. The first-order valence-electron chi connectivity index (χ1n) is 21.1. The van der Waals surface area contributed by atoms with Crippen LogP contribution in [0.5, 0.6) is 0 Å². The number of carbonyl (C=O) groups is 4. The second kappa shape index (κ2) is 17.0. The maximum atomic E-state index is 18.0. The Labute approximate surface area is 367 Å². The summed E-state index contributed by atoms with van der Waals surface area (Å²) in [6, 6.07) is 12.1. The summed E-state index contributed by atoms with van der Waals surface area (Å²) >= 11 is 0. The molecule has 13 heteroatoms. The molecule has 1 amide bonds. The van der Waals surface area contributed by atoms with Crippen molar-refractivity contribution in [3.8, 4) is 0 Å².